The van der Waals surface area contributed by atoms with E-state index in [0.29, 0.717) is 10.6 Å². The van der Waals surface area contributed by atoms with Gasteiger partial charge in [0.25, 0.3) is 5.69 Å². The molecule has 0 amide bonds. The highest BCUT2D eigenvalue weighted by molar-refractivity contribution is 7.98. The number of thioether (sulfide) groups is 1. The Labute approximate surface area is 187 Å². The third-order valence-electron chi connectivity index (χ3n) is 4.44. The van der Waals surface area contributed by atoms with E-state index in [9.17, 15) is 19.7 Å². The lowest BCUT2D eigenvalue weighted by Crippen LogP contribution is -2.13. The summed E-state index contributed by atoms with van der Waals surface area (Å²) in [5, 5.41) is 14.2. The van der Waals surface area contributed by atoms with Crippen LogP contribution < -0.4 is 0 Å². The van der Waals surface area contributed by atoms with Crippen molar-refractivity contribution in [2.24, 2.45) is 0 Å². The highest BCUT2D eigenvalue weighted by atomic mass is 32.2. The van der Waals surface area contributed by atoms with Crippen molar-refractivity contribution < 1.29 is 19.2 Å². The highest BCUT2D eigenvalue weighted by Gasteiger charge is 2.22. The summed E-state index contributed by atoms with van der Waals surface area (Å²) >= 11 is 2.75. The first-order chi connectivity index (χ1) is 14.9. The van der Waals surface area contributed by atoms with Crippen molar-refractivity contribution in [2.45, 2.75) is 31.3 Å². The highest BCUT2D eigenvalue weighted by Crippen LogP contribution is 2.29. The number of nitrogens with zero attached hydrogens (tertiary/aromatic N) is 2. The molecule has 160 valence electrons. The van der Waals surface area contributed by atoms with E-state index in [0.717, 1.165) is 17.8 Å². The van der Waals surface area contributed by atoms with E-state index in [2.05, 4.69) is 11.9 Å². The van der Waals surface area contributed by atoms with Crippen molar-refractivity contribution in [3.8, 4) is 0 Å². The number of hydrogen-bond acceptors (Lipinski definition) is 8. The summed E-state index contributed by atoms with van der Waals surface area (Å²) in [5.41, 5.74) is 0.879. The number of carbonyl (C=O) groups is 2. The summed E-state index contributed by atoms with van der Waals surface area (Å²) < 4.78 is 5.37. The van der Waals surface area contributed by atoms with Crippen LogP contribution in [0.5, 0.6) is 0 Å². The molecule has 1 heterocycles. The third-order valence-corrected chi connectivity index (χ3v) is 6.19. The van der Waals surface area contributed by atoms with Crippen molar-refractivity contribution in [3.63, 3.8) is 0 Å². The molecule has 0 fully saturated rings. The van der Waals surface area contributed by atoms with Crippen molar-refractivity contribution in [1.82, 2.24) is 4.98 Å². The molecule has 0 spiro atoms. The smallest absolute Gasteiger partial charge is 0.339 e. The molecule has 0 aliphatic heterocycles. The number of ether oxygens (including phenoxy) is 1. The van der Waals surface area contributed by atoms with Gasteiger partial charge in [-0.15, -0.1) is 23.1 Å². The van der Waals surface area contributed by atoms with Gasteiger partial charge < -0.3 is 4.74 Å². The fourth-order valence-corrected chi connectivity index (χ4v) is 4.38. The number of hydrogen-bond donors (Lipinski definition) is 0. The van der Waals surface area contributed by atoms with Gasteiger partial charge in [-0.1, -0.05) is 25.1 Å². The quantitative estimate of drug-likeness (QED) is 0.141. The Bertz CT molecular complexity index is 1130. The minimum atomic E-state index is -0.649. The molecule has 0 N–H and O–H groups in total. The minimum absolute atomic E-state index is 0.00939. The van der Waals surface area contributed by atoms with Gasteiger partial charge in [-0.25, -0.2) is 9.78 Å². The van der Waals surface area contributed by atoms with E-state index in [4.69, 9.17) is 4.74 Å². The number of rotatable bonds is 9. The molecular formula is C22H20N2O5S2. The second-order valence-corrected chi connectivity index (χ2v) is 8.37. The van der Waals surface area contributed by atoms with Gasteiger partial charge in [-0.05, 0) is 37.3 Å². The maximum atomic E-state index is 13.0. The SMILES string of the molecule is CCCc1nc(COC(=O)c2ccccc2C(=O)c2ccc(SC)c([N+](=O)[O-])c2)cs1. The van der Waals surface area contributed by atoms with Crippen LogP contribution in [0.25, 0.3) is 0 Å². The molecule has 7 nitrogen and oxygen atoms in total. The van der Waals surface area contributed by atoms with E-state index < -0.39 is 16.7 Å². The lowest BCUT2D eigenvalue weighted by Gasteiger charge is -2.09. The zero-order valence-corrected chi connectivity index (χ0v) is 18.6. The summed E-state index contributed by atoms with van der Waals surface area (Å²) in [6.07, 6.45) is 3.58. The van der Waals surface area contributed by atoms with Crippen LogP contribution in [0, 0.1) is 10.1 Å². The number of benzene rings is 2. The molecule has 3 aromatic rings. The second kappa shape index (κ2) is 10.3. The Balaban J connectivity index is 1.82. The van der Waals surface area contributed by atoms with Crippen LogP contribution in [0.1, 0.15) is 50.3 Å². The van der Waals surface area contributed by atoms with Crippen LogP contribution in [0.2, 0.25) is 0 Å². The fraction of sp³-hybridized carbons (Fsp3) is 0.227. The van der Waals surface area contributed by atoms with Crippen LogP contribution in [0.3, 0.4) is 0 Å². The largest absolute Gasteiger partial charge is 0.456 e. The van der Waals surface area contributed by atoms with Crippen LogP contribution in [-0.4, -0.2) is 27.9 Å². The second-order valence-electron chi connectivity index (χ2n) is 6.58. The number of esters is 1. The van der Waals surface area contributed by atoms with Crippen molar-refractivity contribution in [1.29, 1.82) is 0 Å². The summed E-state index contributed by atoms with van der Waals surface area (Å²) in [6.45, 7) is 2.08. The topological polar surface area (TPSA) is 99.4 Å². The molecule has 0 radical (unpaired) electrons. The Morgan fingerprint density at radius 3 is 2.61 bits per heavy atom. The Kier molecular flexibility index (Phi) is 7.54. The van der Waals surface area contributed by atoms with Gasteiger partial charge in [-0.2, -0.15) is 0 Å². The fourth-order valence-electron chi connectivity index (χ4n) is 2.95. The van der Waals surface area contributed by atoms with Gasteiger partial charge in [0, 0.05) is 22.6 Å². The normalized spacial score (nSPS) is 10.6. The van der Waals surface area contributed by atoms with Gasteiger partial charge in [0.15, 0.2) is 5.78 Å². The molecule has 31 heavy (non-hydrogen) atoms. The number of aryl methyl sites for hydroxylation is 1. The Hall–Kier alpha value is -3.04. The van der Waals surface area contributed by atoms with Gasteiger partial charge in [0.05, 0.1) is 26.1 Å². The van der Waals surface area contributed by atoms with Crippen LogP contribution >= 0.6 is 23.1 Å². The Morgan fingerprint density at radius 2 is 1.94 bits per heavy atom. The molecule has 0 bridgehead atoms. The number of nitro benzene ring substituents is 1. The van der Waals surface area contributed by atoms with Crippen molar-refractivity contribution >= 4 is 40.5 Å². The van der Waals surface area contributed by atoms with E-state index in [-0.39, 0.29) is 29.0 Å². The first kappa shape index (κ1) is 22.6. The monoisotopic (exact) mass is 456 g/mol. The molecule has 0 aliphatic rings. The number of nitro groups is 1. The van der Waals surface area contributed by atoms with Crippen molar-refractivity contribution in [2.75, 3.05) is 6.26 Å². The first-order valence-electron chi connectivity index (χ1n) is 9.51. The number of carbonyl (C=O) groups excluding carboxylic acids is 2. The van der Waals surface area contributed by atoms with Gasteiger partial charge in [0.2, 0.25) is 0 Å². The maximum absolute atomic E-state index is 13.0. The summed E-state index contributed by atoms with van der Waals surface area (Å²) in [6, 6.07) is 10.6. The number of aromatic nitrogens is 1. The zero-order valence-electron chi connectivity index (χ0n) is 17.0. The predicted molar refractivity (Wildman–Crippen MR) is 120 cm³/mol. The van der Waals surface area contributed by atoms with E-state index in [1.165, 1.54) is 53.4 Å². The summed E-state index contributed by atoms with van der Waals surface area (Å²) in [4.78, 5) is 41.4. The van der Waals surface area contributed by atoms with Gasteiger partial charge in [0.1, 0.15) is 6.61 Å². The lowest BCUT2D eigenvalue weighted by atomic mass is 9.98. The molecule has 1 aromatic heterocycles. The minimum Gasteiger partial charge on any atom is -0.456 e. The molecule has 3 rings (SSSR count). The Morgan fingerprint density at radius 1 is 1.19 bits per heavy atom. The molecular weight excluding hydrogens is 436 g/mol. The van der Waals surface area contributed by atoms with Crippen LogP contribution in [0.4, 0.5) is 5.69 Å². The van der Waals surface area contributed by atoms with E-state index >= 15 is 0 Å². The van der Waals surface area contributed by atoms with Gasteiger partial charge >= 0.3 is 5.97 Å². The number of ketones is 1. The van der Waals surface area contributed by atoms with Crippen LogP contribution in [0.15, 0.2) is 52.7 Å². The van der Waals surface area contributed by atoms with Crippen LogP contribution in [-0.2, 0) is 17.8 Å². The van der Waals surface area contributed by atoms with Gasteiger partial charge in [-0.3, -0.25) is 14.9 Å². The molecule has 0 aliphatic carbocycles. The number of thiazole rings is 1. The summed E-state index contributed by atoms with van der Waals surface area (Å²) in [7, 11) is 0. The third kappa shape index (κ3) is 5.36. The molecule has 2 aromatic carbocycles. The lowest BCUT2D eigenvalue weighted by molar-refractivity contribution is -0.387. The van der Waals surface area contributed by atoms with E-state index in [1.807, 2.05) is 5.38 Å². The first-order valence-corrected chi connectivity index (χ1v) is 11.6. The molecule has 0 saturated heterocycles. The average molecular weight is 457 g/mol. The average Bonchev–Trinajstić information content (AvgIpc) is 3.24. The van der Waals surface area contributed by atoms with Crippen molar-refractivity contribution in [3.05, 3.63) is 85.4 Å². The molecule has 0 saturated carbocycles. The maximum Gasteiger partial charge on any atom is 0.339 e. The predicted octanol–water partition coefficient (Wildman–Crippen LogP) is 5.31. The van der Waals surface area contributed by atoms with E-state index in [1.54, 1.807) is 18.4 Å². The summed E-state index contributed by atoms with van der Waals surface area (Å²) in [5.74, 6) is -1.13. The molecule has 0 unspecified atom stereocenters. The zero-order chi connectivity index (χ0) is 22.4. The standard InChI is InChI=1S/C22H20N2O5S2/c1-3-6-20-23-15(13-31-20)12-29-22(26)17-8-5-4-7-16(17)21(25)14-9-10-19(30-2)18(11-14)24(27)28/h4-5,7-11,13H,3,6,12H2,1-2H3. The molecule has 9 heteroatoms. The molecule has 0 atom stereocenters.